The Morgan fingerprint density at radius 3 is 2.50 bits per heavy atom. The Labute approximate surface area is 110 Å². The highest BCUT2D eigenvalue weighted by molar-refractivity contribution is 6.32. The highest BCUT2D eigenvalue weighted by Gasteiger charge is 2.22. The van der Waals surface area contributed by atoms with Crippen molar-refractivity contribution < 1.29 is 19.1 Å². The number of furan rings is 1. The SMILES string of the molecule is CN(C)CCN(CC(=O)O)C(=O)c1ccoc1Cl. The summed E-state index contributed by atoms with van der Waals surface area (Å²) in [6.45, 7) is 0.502. The van der Waals surface area contributed by atoms with E-state index in [0.29, 0.717) is 13.1 Å². The molecule has 0 unspecified atom stereocenters. The normalized spacial score (nSPS) is 10.7. The molecule has 100 valence electrons. The quantitative estimate of drug-likeness (QED) is 0.838. The monoisotopic (exact) mass is 274 g/mol. The Kier molecular flexibility index (Phi) is 5.18. The molecule has 0 aliphatic carbocycles. The molecule has 0 saturated carbocycles. The largest absolute Gasteiger partial charge is 0.480 e. The number of amides is 1. The minimum absolute atomic E-state index is 0.0276. The fraction of sp³-hybridized carbons (Fsp3) is 0.455. The van der Waals surface area contributed by atoms with Gasteiger partial charge in [0.15, 0.2) is 0 Å². The highest BCUT2D eigenvalue weighted by atomic mass is 35.5. The van der Waals surface area contributed by atoms with Crippen LogP contribution >= 0.6 is 11.6 Å². The summed E-state index contributed by atoms with van der Waals surface area (Å²) >= 11 is 5.71. The van der Waals surface area contributed by atoms with Crippen LogP contribution in [-0.2, 0) is 4.79 Å². The van der Waals surface area contributed by atoms with E-state index in [-0.39, 0.29) is 17.3 Å². The van der Waals surface area contributed by atoms with E-state index in [2.05, 4.69) is 0 Å². The lowest BCUT2D eigenvalue weighted by atomic mass is 10.3. The van der Waals surface area contributed by atoms with E-state index < -0.39 is 11.9 Å². The molecule has 1 aromatic rings. The van der Waals surface area contributed by atoms with Crippen LogP contribution < -0.4 is 0 Å². The van der Waals surface area contributed by atoms with Gasteiger partial charge in [-0.1, -0.05) is 0 Å². The van der Waals surface area contributed by atoms with Gasteiger partial charge in [-0.15, -0.1) is 0 Å². The molecule has 0 aliphatic heterocycles. The molecule has 6 nitrogen and oxygen atoms in total. The minimum atomic E-state index is -1.07. The van der Waals surface area contributed by atoms with Crippen molar-refractivity contribution in [3.63, 3.8) is 0 Å². The van der Waals surface area contributed by atoms with Crippen LogP contribution in [0.3, 0.4) is 0 Å². The molecule has 0 aliphatic rings. The summed E-state index contributed by atoms with van der Waals surface area (Å²) in [5.74, 6) is -1.51. The highest BCUT2D eigenvalue weighted by Crippen LogP contribution is 2.18. The number of hydrogen-bond acceptors (Lipinski definition) is 4. The molecule has 0 aromatic carbocycles. The molecule has 1 rings (SSSR count). The van der Waals surface area contributed by atoms with Crippen molar-refractivity contribution >= 4 is 23.5 Å². The van der Waals surface area contributed by atoms with E-state index in [1.807, 2.05) is 19.0 Å². The third kappa shape index (κ3) is 4.05. The third-order valence-corrected chi connectivity index (χ3v) is 2.57. The molecule has 1 N–H and O–H groups in total. The second-order valence-corrected chi connectivity index (χ2v) is 4.37. The van der Waals surface area contributed by atoms with Gasteiger partial charge in [0.1, 0.15) is 6.54 Å². The summed E-state index contributed by atoms with van der Waals surface area (Å²) in [6, 6.07) is 1.43. The number of hydrogen-bond donors (Lipinski definition) is 1. The van der Waals surface area contributed by atoms with E-state index in [0.717, 1.165) is 0 Å². The molecule has 0 radical (unpaired) electrons. The number of carboxylic acids is 1. The van der Waals surface area contributed by atoms with Crippen molar-refractivity contribution in [2.24, 2.45) is 0 Å². The number of likely N-dealkylation sites (N-methyl/N-ethyl adjacent to an activating group) is 1. The maximum Gasteiger partial charge on any atom is 0.323 e. The van der Waals surface area contributed by atoms with Crippen LogP contribution in [0.15, 0.2) is 16.7 Å². The van der Waals surface area contributed by atoms with Gasteiger partial charge < -0.3 is 19.3 Å². The Bertz CT molecular complexity index is 430. The molecule has 7 heteroatoms. The van der Waals surface area contributed by atoms with Gasteiger partial charge in [-0.2, -0.15) is 0 Å². The van der Waals surface area contributed by atoms with Gasteiger partial charge in [0.05, 0.1) is 11.8 Å². The average molecular weight is 275 g/mol. The lowest BCUT2D eigenvalue weighted by molar-refractivity contribution is -0.137. The maximum atomic E-state index is 12.1. The molecule has 0 bridgehead atoms. The second-order valence-electron chi connectivity index (χ2n) is 4.03. The van der Waals surface area contributed by atoms with E-state index in [1.54, 1.807) is 0 Å². The van der Waals surface area contributed by atoms with Crippen LogP contribution in [0.25, 0.3) is 0 Å². The lowest BCUT2D eigenvalue weighted by Crippen LogP contribution is -2.40. The number of aliphatic carboxylic acids is 1. The predicted molar refractivity (Wildman–Crippen MR) is 65.8 cm³/mol. The van der Waals surface area contributed by atoms with Crippen molar-refractivity contribution in [3.05, 3.63) is 23.1 Å². The summed E-state index contributed by atoms with van der Waals surface area (Å²) in [4.78, 5) is 25.9. The van der Waals surface area contributed by atoms with Crippen LogP contribution in [0.2, 0.25) is 5.22 Å². The standard InChI is InChI=1S/C11H15ClN2O4/c1-13(2)4-5-14(7-9(15)16)11(17)8-3-6-18-10(8)12/h3,6H,4-5,7H2,1-2H3,(H,15,16). The maximum absolute atomic E-state index is 12.1. The van der Waals surface area contributed by atoms with Gasteiger partial charge in [-0.05, 0) is 31.8 Å². The van der Waals surface area contributed by atoms with Crippen LogP contribution in [-0.4, -0.2) is 60.5 Å². The average Bonchev–Trinajstić information content (AvgIpc) is 2.69. The fourth-order valence-corrected chi connectivity index (χ4v) is 1.55. The summed E-state index contributed by atoms with van der Waals surface area (Å²) in [5.41, 5.74) is 0.177. The van der Waals surface area contributed by atoms with E-state index in [4.69, 9.17) is 21.1 Å². The van der Waals surface area contributed by atoms with Gasteiger partial charge in [-0.25, -0.2) is 0 Å². The molecule has 1 aromatic heterocycles. The number of nitrogens with zero attached hydrogens (tertiary/aromatic N) is 2. The van der Waals surface area contributed by atoms with Gasteiger partial charge >= 0.3 is 5.97 Å². The van der Waals surface area contributed by atoms with Crippen molar-refractivity contribution in [2.75, 3.05) is 33.7 Å². The minimum Gasteiger partial charge on any atom is -0.480 e. The zero-order chi connectivity index (χ0) is 13.7. The number of halogens is 1. The van der Waals surface area contributed by atoms with E-state index in [9.17, 15) is 9.59 Å². The van der Waals surface area contributed by atoms with Crippen LogP contribution in [0.1, 0.15) is 10.4 Å². The predicted octanol–water partition coefficient (Wildman–Crippen LogP) is 1.02. The number of rotatable bonds is 6. The zero-order valence-electron chi connectivity index (χ0n) is 10.2. The van der Waals surface area contributed by atoms with Crippen LogP contribution in [0.5, 0.6) is 0 Å². The van der Waals surface area contributed by atoms with Crippen molar-refractivity contribution in [3.8, 4) is 0 Å². The lowest BCUT2D eigenvalue weighted by Gasteiger charge is -2.22. The van der Waals surface area contributed by atoms with Gasteiger partial charge in [-0.3, -0.25) is 9.59 Å². The van der Waals surface area contributed by atoms with Crippen molar-refractivity contribution in [1.82, 2.24) is 9.80 Å². The van der Waals surface area contributed by atoms with Gasteiger partial charge in [0, 0.05) is 13.1 Å². The van der Waals surface area contributed by atoms with Gasteiger partial charge in [0.2, 0.25) is 5.22 Å². The molecule has 1 amide bonds. The number of carboxylic acid groups (broad SMARTS) is 1. The van der Waals surface area contributed by atoms with Gasteiger partial charge in [0.25, 0.3) is 5.91 Å². The molecular weight excluding hydrogens is 260 g/mol. The fourth-order valence-electron chi connectivity index (χ4n) is 1.35. The Hall–Kier alpha value is -1.53. The molecule has 0 saturated heterocycles. The van der Waals surface area contributed by atoms with Crippen LogP contribution in [0, 0.1) is 0 Å². The smallest absolute Gasteiger partial charge is 0.323 e. The summed E-state index contributed by atoms with van der Waals surface area (Å²) in [6.07, 6.45) is 1.29. The first-order valence-corrected chi connectivity index (χ1v) is 5.68. The molecule has 0 spiro atoms. The van der Waals surface area contributed by atoms with Crippen molar-refractivity contribution in [2.45, 2.75) is 0 Å². The third-order valence-electron chi connectivity index (χ3n) is 2.28. The molecule has 0 atom stereocenters. The number of carbonyl (C=O) groups is 2. The topological polar surface area (TPSA) is 74.0 Å². The first-order valence-electron chi connectivity index (χ1n) is 5.30. The zero-order valence-corrected chi connectivity index (χ0v) is 11.0. The Morgan fingerprint density at radius 2 is 2.06 bits per heavy atom. The second kappa shape index (κ2) is 6.42. The van der Waals surface area contributed by atoms with Crippen LogP contribution in [0.4, 0.5) is 0 Å². The van der Waals surface area contributed by atoms with E-state index in [1.165, 1.54) is 17.2 Å². The Morgan fingerprint density at radius 1 is 1.39 bits per heavy atom. The molecule has 1 heterocycles. The Balaban J connectivity index is 2.79. The summed E-state index contributed by atoms with van der Waals surface area (Å²) in [7, 11) is 3.68. The number of carbonyl (C=O) groups excluding carboxylic acids is 1. The molecule has 0 fully saturated rings. The first kappa shape index (κ1) is 14.5. The molecule has 18 heavy (non-hydrogen) atoms. The molecular formula is C11H15ClN2O4. The summed E-state index contributed by atoms with van der Waals surface area (Å²) < 4.78 is 4.83. The summed E-state index contributed by atoms with van der Waals surface area (Å²) in [5, 5.41) is 8.77. The van der Waals surface area contributed by atoms with Crippen molar-refractivity contribution in [1.29, 1.82) is 0 Å². The van der Waals surface area contributed by atoms with E-state index >= 15 is 0 Å². The first-order chi connectivity index (χ1) is 8.41.